The van der Waals surface area contributed by atoms with Gasteiger partial charge in [-0.15, -0.1) is 0 Å². The second-order valence-electron chi connectivity index (χ2n) is 4.17. The van der Waals surface area contributed by atoms with Crippen molar-refractivity contribution in [3.8, 4) is 0 Å². The molecule has 0 atom stereocenters. The molecule has 0 saturated heterocycles. The van der Waals surface area contributed by atoms with Gasteiger partial charge in [0.15, 0.2) is 0 Å². The molecule has 1 aromatic rings. The monoisotopic (exact) mass is 235 g/mol. The predicted octanol–water partition coefficient (Wildman–Crippen LogP) is 1.57. The summed E-state index contributed by atoms with van der Waals surface area (Å²) in [5.41, 5.74) is 7.28. The number of aliphatic hydroxyl groups excluding tert-OH is 1. The summed E-state index contributed by atoms with van der Waals surface area (Å²) in [5.74, 6) is 0.0992. The Labute approximate surface area is 103 Å². The minimum Gasteiger partial charge on any atom is -0.396 e. The zero-order valence-corrected chi connectivity index (χ0v) is 10.3. The van der Waals surface area contributed by atoms with Crippen LogP contribution in [0.1, 0.15) is 24.8 Å². The number of nitrogen functional groups attached to an aromatic ring is 1. The molecule has 17 heavy (non-hydrogen) atoms. The van der Waals surface area contributed by atoms with Gasteiger partial charge in [-0.1, -0.05) is 0 Å². The number of amidine groups is 1. The van der Waals surface area contributed by atoms with Crippen molar-refractivity contribution in [2.45, 2.75) is 19.3 Å². The molecule has 0 aliphatic heterocycles. The summed E-state index contributed by atoms with van der Waals surface area (Å²) < 4.78 is 0. The van der Waals surface area contributed by atoms with Crippen LogP contribution in [0.5, 0.6) is 0 Å². The van der Waals surface area contributed by atoms with Crippen LogP contribution in [0, 0.1) is 5.41 Å². The average Bonchev–Trinajstić information content (AvgIpc) is 2.34. The van der Waals surface area contributed by atoms with Crippen LogP contribution in [-0.4, -0.2) is 31.1 Å². The first-order valence-corrected chi connectivity index (χ1v) is 5.91. The molecule has 0 amide bonds. The van der Waals surface area contributed by atoms with Crippen molar-refractivity contribution in [2.24, 2.45) is 5.73 Å². The predicted molar refractivity (Wildman–Crippen MR) is 71.7 cm³/mol. The van der Waals surface area contributed by atoms with Crippen LogP contribution >= 0.6 is 0 Å². The first-order valence-electron chi connectivity index (χ1n) is 5.91. The van der Waals surface area contributed by atoms with Crippen LogP contribution in [0.2, 0.25) is 0 Å². The van der Waals surface area contributed by atoms with E-state index < -0.39 is 0 Å². The first-order chi connectivity index (χ1) is 8.15. The maximum atomic E-state index is 8.69. The lowest BCUT2D eigenvalue weighted by Gasteiger charge is -2.19. The largest absolute Gasteiger partial charge is 0.396 e. The van der Waals surface area contributed by atoms with Crippen LogP contribution in [-0.2, 0) is 0 Å². The Bertz CT molecular complexity index is 348. The molecule has 4 N–H and O–H groups in total. The van der Waals surface area contributed by atoms with Gasteiger partial charge < -0.3 is 15.7 Å². The lowest BCUT2D eigenvalue weighted by molar-refractivity contribution is 0.283. The second kappa shape index (κ2) is 6.91. The molecule has 4 heteroatoms. The number of rotatable bonds is 7. The number of nitrogens with zero attached hydrogens (tertiary/aromatic N) is 1. The number of nitrogens with one attached hydrogen (secondary N) is 1. The van der Waals surface area contributed by atoms with Gasteiger partial charge in [0.1, 0.15) is 5.84 Å². The van der Waals surface area contributed by atoms with E-state index in [1.807, 2.05) is 31.3 Å². The molecule has 0 fully saturated rings. The Morgan fingerprint density at radius 1 is 1.24 bits per heavy atom. The summed E-state index contributed by atoms with van der Waals surface area (Å²) in [6.07, 6.45) is 3.00. The van der Waals surface area contributed by atoms with Crippen LogP contribution in [0.3, 0.4) is 0 Å². The van der Waals surface area contributed by atoms with Gasteiger partial charge >= 0.3 is 0 Å². The molecule has 1 rings (SSSR count). The normalized spacial score (nSPS) is 10.2. The summed E-state index contributed by atoms with van der Waals surface area (Å²) in [4.78, 5) is 2.17. The van der Waals surface area contributed by atoms with E-state index in [1.54, 1.807) is 0 Å². The van der Waals surface area contributed by atoms with Crippen LogP contribution in [0.15, 0.2) is 24.3 Å². The third kappa shape index (κ3) is 4.44. The Morgan fingerprint density at radius 2 is 1.88 bits per heavy atom. The van der Waals surface area contributed by atoms with Crippen molar-refractivity contribution in [2.75, 3.05) is 25.1 Å². The molecule has 0 aliphatic rings. The highest BCUT2D eigenvalue weighted by Crippen LogP contribution is 2.14. The fraction of sp³-hybridized carbons (Fsp3) is 0.462. The van der Waals surface area contributed by atoms with Crippen molar-refractivity contribution in [1.29, 1.82) is 5.41 Å². The smallest absolute Gasteiger partial charge is 0.122 e. The molecular formula is C13H21N3O. The van der Waals surface area contributed by atoms with E-state index in [-0.39, 0.29) is 12.4 Å². The third-order valence-corrected chi connectivity index (χ3v) is 2.77. The van der Waals surface area contributed by atoms with E-state index in [2.05, 4.69) is 4.90 Å². The number of benzene rings is 1. The third-order valence-electron chi connectivity index (χ3n) is 2.77. The molecule has 0 radical (unpaired) electrons. The summed E-state index contributed by atoms with van der Waals surface area (Å²) in [5, 5.41) is 16.0. The van der Waals surface area contributed by atoms with Crippen molar-refractivity contribution in [3.05, 3.63) is 29.8 Å². The van der Waals surface area contributed by atoms with Gasteiger partial charge in [-0.05, 0) is 43.5 Å². The average molecular weight is 235 g/mol. The SMILES string of the molecule is CN(CCCCCO)c1ccc(C(=N)N)cc1. The highest BCUT2D eigenvalue weighted by atomic mass is 16.2. The number of unbranched alkanes of at least 4 members (excludes halogenated alkanes) is 2. The van der Waals surface area contributed by atoms with Crippen molar-refractivity contribution in [3.63, 3.8) is 0 Å². The Morgan fingerprint density at radius 3 is 2.41 bits per heavy atom. The molecule has 0 saturated carbocycles. The number of nitrogens with two attached hydrogens (primary N) is 1. The first kappa shape index (κ1) is 13.5. The number of hydrogen-bond donors (Lipinski definition) is 3. The summed E-state index contributed by atoms with van der Waals surface area (Å²) >= 11 is 0. The molecular weight excluding hydrogens is 214 g/mol. The zero-order valence-electron chi connectivity index (χ0n) is 10.3. The van der Waals surface area contributed by atoms with Crippen molar-refractivity contribution < 1.29 is 5.11 Å². The Hall–Kier alpha value is -1.55. The van der Waals surface area contributed by atoms with Gasteiger partial charge in [-0.3, -0.25) is 5.41 Å². The molecule has 0 aliphatic carbocycles. The quantitative estimate of drug-likeness (QED) is 0.381. The summed E-state index contributed by atoms with van der Waals surface area (Å²) in [6, 6.07) is 7.68. The minimum atomic E-state index is 0.0992. The topological polar surface area (TPSA) is 73.3 Å². The van der Waals surface area contributed by atoms with Gasteiger partial charge in [0.2, 0.25) is 0 Å². The van der Waals surface area contributed by atoms with E-state index >= 15 is 0 Å². The van der Waals surface area contributed by atoms with Gasteiger partial charge in [-0.25, -0.2) is 0 Å². The highest BCUT2D eigenvalue weighted by molar-refractivity contribution is 5.95. The number of aliphatic hydroxyl groups is 1. The van der Waals surface area contributed by atoms with Crippen LogP contribution in [0.4, 0.5) is 5.69 Å². The summed E-state index contributed by atoms with van der Waals surface area (Å²) in [6.45, 7) is 1.25. The van der Waals surface area contributed by atoms with Crippen LogP contribution < -0.4 is 10.6 Å². The molecule has 0 bridgehead atoms. The highest BCUT2D eigenvalue weighted by Gasteiger charge is 2.01. The van der Waals surface area contributed by atoms with Crippen molar-refractivity contribution >= 4 is 11.5 Å². The molecule has 94 valence electrons. The van der Waals surface area contributed by atoms with Gasteiger partial charge in [0, 0.05) is 31.5 Å². The molecule has 1 aromatic carbocycles. The molecule has 0 spiro atoms. The molecule has 0 aromatic heterocycles. The fourth-order valence-electron chi connectivity index (χ4n) is 1.66. The second-order valence-corrected chi connectivity index (χ2v) is 4.17. The van der Waals surface area contributed by atoms with Gasteiger partial charge in [0.05, 0.1) is 0 Å². The Balaban J connectivity index is 2.46. The number of hydrogen-bond acceptors (Lipinski definition) is 3. The van der Waals surface area contributed by atoms with E-state index in [0.29, 0.717) is 0 Å². The van der Waals surface area contributed by atoms with Crippen molar-refractivity contribution in [1.82, 2.24) is 0 Å². The maximum absolute atomic E-state index is 8.69. The Kier molecular flexibility index (Phi) is 5.49. The minimum absolute atomic E-state index is 0.0992. The van der Waals surface area contributed by atoms with Crippen LogP contribution in [0.25, 0.3) is 0 Å². The lowest BCUT2D eigenvalue weighted by Crippen LogP contribution is -2.19. The standard InChI is InChI=1S/C13H21N3O/c1-16(9-3-2-4-10-17)12-7-5-11(6-8-12)13(14)15/h5-8,17H,2-4,9-10H2,1H3,(H3,14,15). The molecule has 4 nitrogen and oxygen atoms in total. The number of anilines is 1. The van der Waals surface area contributed by atoms with E-state index in [9.17, 15) is 0 Å². The van der Waals surface area contributed by atoms with E-state index in [1.165, 1.54) is 0 Å². The van der Waals surface area contributed by atoms with Gasteiger partial charge in [-0.2, -0.15) is 0 Å². The van der Waals surface area contributed by atoms with E-state index in [0.717, 1.165) is 37.1 Å². The maximum Gasteiger partial charge on any atom is 0.122 e. The van der Waals surface area contributed by atoms with E-state index in [4.69, 9.17) is 16.2 Å². The zero-order chi connectivity index (χ0) is 12.7. The van der Waals surface area contributed by atoms with Gasteiger partial charge in [0.25, 0.3) is 0 Å². The summed E-state index contributed by atoms with van der Waals surface area (Å²) in [7, 11) is 2.04. The lowest BCUT2D eigenvalue weighted by atomic mass is 10.1. The fourth-order valence-corrected chi connectivity index (χ4v) is 1.66. The molecule has 0 unspecified atom stereocenters. The molecule has 0 heterocycles.